The van der Waals surface area contributed by atoms with Crippen molar-refractivity contribution in [1.29, 1.82) is 0 Å². The van der Waals surface area contributed by atoms with E-state index in [1.54, 1.807) is 0 Å². The fraction of sp³-hybridized carbons (Fsp3) is 0.818. The zero-order chi connectivity index (χ0) is 12.1. The van der Waals surface area contributed by atoms with Crippen molar-refractivity contribution < 1.29 is 14.3 Å². The second-order valence-electron chi connectivity index (χ2n) is 4.46. The summed E-state index contributed by atoms with van der Waals surface area (Å²) < 4.78 is 5.19. The molecule has 96 valence electrons. The third kappa shape index (κ3) is 4.32. The number of nitrogens with one attached hydrogen (secondary N) is 3. The zero-order valence-electron chi connectivity index (χ0n) is 9.83. The molecule has 6 nitrogen and oxygen atoms in total. The second kappa shape index (κ2) is 5.97. The molecule has 0 bridgehead atoms. The molecular formula is C11H19N3O3. The molecule has 2 aliphatic rings. The van der Waals surface area contributed by atoms with Crippen LogP contribution in [-0.4, -0.2) is 50.2 Å². The normalized spacial score (nSPS) is 24.1. The first-order valence-corrected chi connectivity index (χ1v) is 6.14. The molecule has 0 aromatic heterocycles. The van der Waals surface area contributed by atoms with Gasteiger partial charge >= 0.3 is 0 Å². The van der Waals surface area contributed by atoms with Crippen LogP contribution in [0.5, 0.6) is 0 Å². The van der Waals surface area contributed by atoms with Gasteiger partial charge in [0.1, 0.15) is 6.04 Å². The molecule has 1 heterocycles. The Kier molecular flexibility index (Phi) is 4.33. The summed E-state index contributed by atoms with van der Waals surface area (Å²) in [5.74, 6) is -0.0791. The molecule has 0 spiro atoms. The summed E-state index contributed by atoms with van der Waals surface area (Å²) in [4.78, 5) is 23.0. The van der Waals surface area contributed by atoms with E-state index >= 15 is 0 Å². The number of hydrogen-bond acceptors (Lipinski definition) is 4. The lowest BCUT2D eigenvalue weighted by Crippen LogP contribution is -2.51. The average molecular weight is 241 g/mol. The SMILES string of the molecule is O=C(CCNC(=O)C1COCCN1)NC1CC1. The van der Waals surface area contributed by atoms with Gasteiger partial charge in [0.05, 0.1) is 13.2 Å². The Morgan fingerprint density at radius 1 is 1.35 bits per heavy atom. The summed E-state index contributed by atoms with van der Waals surface area (Å²) in [5, 5.41) is 8.67. The minimum Gasteiger partial charge on any atom is -0.378 e. The third-order valence-electron chi connectivity index (χ3n) is 2.83. The number of carbonyl (C=O) groups is 2. The van der Waals surface area contributed by atoms with Crippen LogP contribution in [0.15, 0.2) is 0 Å². The molecule has 1 unspecified atom stereocenters. The van der Waals surface area contributed by atoms with E-state index in [0.29, 0.717) is 38.8 Å². The number of rotatable bonds is 5. The van der Waals surface area contributed by atoms with Crippen molar-refractivity contribution in [1.82, 2.24) is 16.0 Å². The minimum absolute atomic E-state index is 0.0145. The van der Waals surface area contributed by atoms with Gasteiger partial charge < -0.3 is 20.7 Å². The highest BCUT2D eigenvalue weighted by Crippen LogP contribution is 2.18. The van der Waals surface area contributed by atoms with Gasteiger partial charge in [-0.2, -0.15) is 0 Å². The summed E-state index contributed by atoms with van der Waals surface area (Å²) in [6.45, 7) is 2.13. The first-order chi connectivity index (χ1) is 8.25. The van der Waals surface area contributed by atoms with Crippen molar-refractivity contribution in [3.63, 3.8) is 0 Å². The third-order valence-corrected chi connectivity index (χ3v) is 2.83. The van der Waals surface area contributed by atoms with Crippen LogP contribution in [0.3, 0.4) is 0 Å². The quantitative estimate of drug-likeness (QED) is 0.562. The van der Waals surface area contributed by atoms with E-state index < -0.39 is 0 Å². The van der Waals surface area contributed by atoms with E-state index in [4.69, 9.17) is 4.74 Å². The van der Waals surface area contributed by atoms with Crippen LogP contribution in [0.4, 0.5) is 0 Å². The van der Waals surface area contributed by atoms with E-state index in [1.165, 1.54) is 0 Å². The van der Waals surface area contributed by atoms with Crippen LogP contribution in [0.1, 0.15) is 19.3 Å². The number of morpholine rings is 1. The zero-order valence-corrected chi connectivity index (χ0v) is 9.83. The van der Waals surface area contributed by atoms with E-state index in [9.17, 15) is 9.59 Å². The predicted molar refractivity (Wildman–Crippen MR) is 61.4 cm³/mol. The van der Waals surface area contributed by atoms with Crippen molar-refractivity contribution in [3.05, 3.63) is 0 Å². The molecule has 1 aliphatic carbocycles. The van der Waals surface area contributed by atoms with Gasteiger partial charge in [0.2, 0.25) is 11.8 Å². The summed E-state index contributed by atoms with van der Waals surface area (Å²) in [7, 11) is 0. The van der Waals surface area contributed by atoms with Crippen molar-refractivity contribution in [2.75, 3.05) is 26.3 Å². The van der Waals surface area contributed by atoms with Crippen LogP contribution in [0, 0.1) is 0 Å². The lowest BCUT2D eigenvalue weighted by molar-refractivity contribution is -0.126. The maximum Gasteiger partial charge on any atom is 0.239 e. The molecule has 1 saturated carbocycles. The van der Waals surface area contributed by atoms with E-state index in [-0.39, 0.29) is 17.9 Å². The maximum absolute atomic E-state index is 11.6. The fourth-order valence-corrected chi connectivity index (χ4v) is 1.68. The topological polar surface area (TPSA) is 79.5 Å². The molecule has 2 amide bonds. The first kappa shape index (κ1) is 12.3. The van der Waals surface area contributed by atoms with Crippen molar-refractivity contribution >= 4 is 11.8 Å². The van der Waals surface area contributed by atoms with Crippen molar-refractivity contribution in [2.24, 2.45) is 0 Å². The van der Waals surface area contributed by atoms with E-state index in [1.807, 2.05) is 0 Å². The molecule has 2 rings (SSSR count). The van der Waals surface area contributed by atoms with Gasteiger partial charge in [-0.1, -0.05) is 0 Å². The molecule has 6 heteroatoms. The van der Waals surface area contributed by atoms with Crippen LogP contribution in [0.25, 0.3) is 0 Å². The van der Waals surface area contributed by atoms with Crippen molar-refractivity contribution in [3.8, 4) is 0 Å². The molecule has 17 heavy (non-hydrogen) atoms. The summed E-state index contributed by atoms with van der Waals surface area (Å²) in [5.41, 5.74) is 0. The van der Waals surface area contributed by atoms with E-state index in [0.717, 1.165) is 12.8 Å². The smallest absolute Gasteiger partial charge is 0.239 e. The lowest BCUT2D eigenvalue weighted by atomic mass is 10.2. The summed E-state index contributed by atoms with van der Waals surface area (Å²) in [6, 6.07) is 0.0989. The molecule has 1 saturated heterocycles. The monoisotopic (exact) mass is 241 g/mol. The van der Waals surface area contributed by atoms with Crippen LogP contribution < -0.4 is 16.0 Å². The predicted octanol–water partition coefficient (Wildman–Crippen LogP) is -1.24. The van der Waals surface area contributed by atoms with E-state index in [2.05, 4.69) is 16.0 Å². The number of ether oxygens (including phenoxy) is 1. The van der Waals surface area contributed by atoms with Gasteiger partial charge in [0, 0.05) is 25.6 Å². The van der Waals surface area contributed by atoms with Gasteiger partial charge in [-0.15, -0.1) is 0 Å². The molecule has 0 radical (unpaired) electrons. The molecule has 3 N–H and O–H groups in total. The Balaban J connectivity index is 1.56. The van der Waals surface area contributed by atoms with Crippen LogP contribution in [0.2, 0.25) is 0 Å². The number of hydrogen-bond donors (Lipinski definition) is 3. The molecule has 0 aromatic rings. The molecule has 0 aromatic carbocycles. The molecule has 1 aliphatic heterocycles. The first-order valence-electron chi connectivity index (χ1n) is 6.14. The standard InChI is InChI=1S/C11H19N3O3/c15-10(14-8-1-2-8)3-4-13-11(16)9-7-17-6-5-12-9/h8-9,12H,1-7H2,(H,13,16)(H,14,15). The lowest BCUT2D eigenvalue weighted by Gasteiger charge is -2.22. The Bertz CT molecular complexity index is 286. The fourth-order valence-electron chi connectivity index (χ4n) is 1.68. The average Bonchev–Trinajstić information content (AvgIpc) is 3.14. The highest BCUT2D eigenvalue weighted by molar-refractivity contribution is 5.83. The van der Waals surface area contributed by atoms with Gasteiger partial charge in [-0.05, 0) is 12.8 Å². The molecule has 2 fully saturated rings. The maximum atomic E-state index is 11.6. The minimum atomic E-state index is -0.282. The van der Waals surface area contributed by atoms with Gasteiger partial charge in [-0.3, -0.25) is 9.59 Å². The number of carbonyl (C=O) groups excluding carboxylic acids is 2. The highest BCUT2D eigenvalue weighted by atomic mass is 16.5. The van der Waals surface area contributed by atoms with Crippen molar-refractivity contribution in [2.45, 2.75) is 31.3 Å². The summed E-state index contributed by atoms with van der Waals surface area (Å²) >= 11 is 0. The van der Waals surface area contributed by atoms with Gasteiger partial charge in [-0.25, -0.2) is 0 Å². The molecular weight excluding hydrogens is 222 g/mol. The molecule has 1 atom stereocenters. The summed E-state index contributed by atoms with van der Waals surface area (Å²) in [6.07, 6.45) is 2.51. The van der Waals surface area contributed by atoms with Crippen LogP contribution in [-0.2, 0) is 14.3 Å². The Morgan fingerprint density at radius 2 is 2.18 bits per heavy atom. The second-order valence-corrected chi connectivity index (χ2v) is 4.46. The van der Waals surface area contributed by atoms with Gasteiger partial charge in [0.15, 0.2) is 0 Å². The Morgan fingerprint density at radius 3 is 2.82 bits per heavy atom. The Labute approximate surface area is 100 Å². The Hall–Kier alpha value is -1.14. The van der Waals surface area contributed by atoms with Crippen LogP contribution >= 0.6 is 0 Å². The number of amides is 2. The largest absolute Gasteiger partial charge is 0.378 e. The van der Waals surface area contributed by atoms with Gasteiger partial charge in [0.25, 0.3) is 0 Å². The highest BCUT2D eigenvalue weighted by Gasteiger charge is 2.23.